The monoisotopic (exact) mass is 238 g/mol. The molecule has 0 spiro atoms. The van der Waals surface area contributed by atoms with Crippen molar-refractivity contribution in [1.82, 2.24) is 0 Å². The molecule has 4 atom stereocenters. The van der Waals surface area contributed by atoms with Crippen LogP contribution in [0.2, 0.25) is 0 Å². The average molecular weight is 239 g/mol. The molecule has 3 heteroatoms. The SMILES string of the molecule is C[C@H]1[C@H](P(Cl)Cl)C[C@@H]2C[C@H]1C2(C)C. The second-order valence-electron chi connectivity index (χ2n) is 5.28. The van der Waals surface area contributed by atoms with Gasteiger partial charge in [0, 0.05) is 5.66 Å². The van der Waals surface area contributed by atoms with Gasteiger partial charge in [0.1, 0.15) is 0 Å². The zero-order valence-electron chi connectivity index (χ0n) is 8.43. The number of hydrogen-bond donors (Lipinski definition) is 0. The van der Waals surface area contributed by atoms with Crippen molar-refractivity contribution in [3.05, 3.63) is 0 Å². The highest BCUT2D eigenvalue weighted by Gasteiger charge is 2.57. The van der Waals surface area contributed by atoms with Gasteiger partial charge in [0.2, 0.25) is 0 Å². The van der Waals surface area contributed by atoms with Crippen LogP contribution < -0.4 is 0 Å². The molecule has 76 valence electrons. The van der Waals surface area contributed by atoms with Crippen molar-refractivity contribution in [3.63, 3.8) is 0 Å². The summed E-state index contributed by atoms with van der Waals surface area (Å²) >= 11 is 12.1. The van der Waals surface area contributed by atoms with Gasteiger partial charge in [-0.2, -0.15) is 0 Å². The number of rotatable bonds is 1. The molecule has 3 saturated carbocycles. The predicted molar refractivity (Wildman–Crippen MR) is 61.6 cm³/mol. The van der Waals surface area contributed by atoms with E-state index in [-0.39, 0.29) is 0 Å². The van der Waals surface area contributed by atoms with E-state index in [4.69, 9.17) is 22.5 Å². The van der Waals surface area contributed by atoms with E-state index in [1.54, 1.807) is 0 Å². The second-order valence-corrected chi connectivity index (χ2v) is 9.17. The van der Waals surface area contributed by atoms with Gasteiger partial charge in [0.05, 0.1) is 6.63 Å². The van der Waals surface area contributed by atoms with Crippen molar-refractivity contribution in [2.75, 3.05) is 0 Å². The smallest absolute Gasteiger partial charge is 0.0778 e. The summed E-state index contributed by atoms with van der Waals surface area (Å²) in [6, 6.07) is 0. The first kappa shape index (κ1) is 10.5. The van der Waals surface area contributed by atoms with Crippen molar-refractivity contribution in [3.8, 4) is 0 Å². The molecular formula is C10H17Cl2P. The lowest BCUT2D eigenvalue weighted by molar-refractivity contribution is -0.0955. The van der Waals surface area contributed by atoms with E-state index in [1.807, 2.05) is 0 Å². The summed E-state index contributed by atoms with van der Waals surface area (Å²) in [5, 5.41) is 0. The predicted octanol–water partition coefficient (Wildman–Crippen LogP) is 4.85. The summed E-state index contributed by atoms with van der Waals surface area (Å²) in [7, 11) is 0. The van der Waals surface area contributed by atoms with Crippen molar-refractivity contribution in [1.29, 1.82) is 0 Å². The molecule has 13 heavy (non-hydrogen) atoms. The van der Waals surface area contributed by atoms with Crippen LogP contribution in [0, 0.1) is 23.2 Å². The molecule has 3 rings (SSSR count). The lowest BCUT2D eigenvalue weighted by Gasteiger charge is -2.62. The first-order valence-electron chi connectivity index (χ1n) is 5.05. The van der Waals surface area contributed by atoms with E-state index < -0.39 is 6.63 Å². The highest BCUT2D eigenvalue weighted by Crippen LogP contribution is 2.69. The Balaban J connectivity index is 2.12. The van der Waals surface area contributed by atoms with Gasteiger partial charge >= 0.3 is 0 Å². The van der Waals surface area contributed by atoms with Gasteiger partial charge < -0.3 is 0 Å². The Bertz CT molecular complexity index is 213. The molecule has 3 aliphatic carbocycles. The number of fused-ring (bicyclic) bond motifs is 2. The minimum absolute atomic E-state index is 0.565. The Morgan fingerprint density at radius 1 is 1.23 bits per heavy atom. The van der Waals surface area contributed by atoms with E-state index >= 15 is 0 Å². The van der Waals surface area contributed by atoms with Gasteiger partial charge in [-0.3, -0.25) is 0 Å². The molecule has 0 saturated heterocycles. The summed E-state index contributed by atoms with van der Waals surface area (Å²) in [5.41, 5.74) is 1.17. The van der Waals surface area contributed by atoms with Crippen molar-refractivity contribution in [2.45, 2.75) is 39.3 Å². The summed E-state index contributed by atoms with van der Waals surface area (Å²) in [6.07, 6.45) is 2.69. The molecule has 0 unspecified atom stereocenters. The van der Waals surface area contributed by atoms with Crippen LogP contribution >= 0.6 is 29.1 Å². The van der Waals surface area contributed by atoms with Gasteiger partial charge in [-0.05, 0) is 36.0 Å². The maximum absolute atomic E-state index is 6.06. The van der Waals surface area contributed by atoms with E-state index in [0.717, 1.165) is 17.8 Å². The Hall–Kier alpha value is 1.01. The van der Waals surface area contributed by atoms with E-state index in [2.05, 4.69) is 20.8 Å². The fourth-order valence-electron chi connectivity index (χ4n) is 3.38. The maximum atomic E-state index is 6.06. The summed E-state index contributed by atoms with van der Waals surface area (Å²) in [5.74, 6) is 2.50. The molecule has 0 aromatic carbocycles. The van der Waals surface area contributed by atoms with Crippen LogP contribution in [0.15, 0.2) is 0 Å². The van der Waals surface area contributed by atoms with Gasteiger partial charge in [0.15, 0.2) is 0 Å². The van der Waals surface area contributed by atoms with Crippen LogP contribution in [0.5, 0.6) is 0 Å². The molecule has 0 heterocycles. The lowest BCUT2D eigenvalue weighted by atomic mass is 9.46. The Labute approximate surface area is 91.7 Å². The van der Waals surface area contributed by atoms with Crippen LogP contribution in [0.25, 0.3) is 0 Å². The standard InChI is InChI=1S/C10H17Cl2P/c1-6-8-4-7(10(8,2)3)5-9(6)13(11)12/h6-9H,4-5H2,1-3H3/t6-,7+,8-,9-/m1/s1. The van der Waals surface area contributed by atoms with Crippen molar-refractivity contribution in [2.24, 2.45) is 23.2 Å². The van der Waals surface area contributed by atoms with Crippen LogP contribution in [-0.2, 0) is 0 Å². The minimum Gasteiger partial charge on any atom is -0.0778 e. The maximum Gasteiger partial charge on any atom is 0.0889 e. The van der Waals surface area contributed by atoms with Crippen LogP contribution in [0.1, 0.15) is 33.6 Å². The zero-order valence-corrected chi connectivity index (χ0v) is 10.8. The normalized spacial score (nSPS) is 47.5. The third-order valence-electron chi connectivity index (χ3n) is 4.56. The Kier molecular flexibility index (Phi) is 2.64. The van der Waals surface area contributed by atoms with Crippen molar-refractivity contribution < 1.29 is 0 Å². The zero-order chi connectivity index (χ0) is 9.80. The lowest BCUT2D eigenvalue weighted by Crippen LogP contribution is -2.55. The molecule has 2 bridgehead atoms. The minimum atomic E-state index is -0.751. The van der Waals surface area contributed by atoms with Gasteiger partial charge in [-0.1, -0.05) is 43.3 Å². The van der Waals surface area contributed by atoms with Crippen LogP contribution in [0.4, 0.5) is 0 Å². The summed E-state index contributed by atoms with van der Waals surface area (Å²) in [4.78, 5) is 0. The molecular weight excluding hydrogens is 222 g/mol. The topological polar surface area (TPSA) is 0 Å². The fraction of sp³-hybridized carbons (Fsp3) is 1.00. The van der Waals surface area contributed by atoms with Gasteiger partial charge in [-0.15, -0.1) is 0 Å². The first-order chi connectivity index (χ1) is 5.94. The van der Waals surface area contributed by atoms with Crippen LogP contribution in [0.3, 0.4) is 0 Å². The number of halogens is 2. The molecule has 0 aliphatic heterocycles. The molecule has 0 radical (unpaired) electrons. The fourth-order valence-corrected chi connectivity index (χ4v) is 5.90. The third kappa shape index (κ3) is 1.45. The second kappa shape index (κ2) is 3.26. The molecule has 0 N–H and O–H groups in total. The van der Waals surface area contributed by atoms with E-state index in [9.17, 15) is 0 Å². The van der Waals surface area contributed by atoms with Crippen molar-refractivity contribution >= 4 is 29.1 Å². The average Bonchev–Trinajstić information content (AvgIpc) is 2.02. The highest BCUT2D eigenvalue weighted by atomic mass is 35.9. The Morgan fingerprint density at radius 3 is 2.23 bits per heavy atom. The summed E-state index contributed by atoms with van der Waals surface area (Å²) in [6.45, 7) is 6.40. The molecule has 3 fully saturated rings. The Morgan fingerprint density at radius 2 is 1.85 bits per heavy atom. The quantitative estimate of drug-likeness (QED) is 0.574. The molecule has 0 nitrogen and oxygen atoms in total. The van der Waals surface area contributed by atoms with Crippen LogP contribution in [-0.4, -0.2) is 5.66 Å². The molecule has 3 aliphatic rings. The highest BCUT2D eigenvalue weighted by molar-refractivity contribution is 8.04. The molecule has 0 aromatic heterocycles. The first-order valence-corrected chi connectivity index (χ1v) is 8.27. The number of hydrogen-bond acceptors (Lipinski definition) is 0. The van der Waals surface area contributed by atoms with E-state index in [0.29, 0.717) is 11.1 Å². The van der Waals surface area contributed by atoms with Gasteiger partial charge in [0.25, 0.3) is 0 Å². The summed E-state index contributed by atoms with van der Waals surface area (Å²) < 4.78 is 0. The van der Waals surface area contributed by atoms with Gasteiger partial charge in [-0.25, -0.2) is 0 Å². The molecule has 0 aromatic rings. The largest absolute Gasteiger partial charge is 0.0889 e. The molecule has 0 amide bonds. The third-order valence-corrected chi connectivity index (χ3v) is 7.25. The van der Waals surface area contributed by atoms with E-state index in [1.165, 1.54) is 12.8 Å².